The summed E-state index contributed by atoms with van der Waals surface area (Å²) in [6.07, 6.45) is 1.53. The number of hydrogen-bond acceptors (Lipinski definition) is 4. The monoisotopic (exact) mass is 138 g/mol. The second-order valence-corrected chi connectivity index (χ2v) is 1.95. The van der Waals surface area contributed by atoms with Gasteiger partial charge in [-0.3, -0.25) is 0 Å². The molecule has 0 amide bonds. The van der Waals surface area contributed by atoms with Gasteiger partial charge in [-0.2, -0.15) is 0 Å². The van der Waals surface area contributed by atoms with Crippen LogP contribution in [0.4, 0.5) is 17.2 Å². The van der Waals surface area contributed by atoms with Crippen LogP contribution >= 0.6 is 0 Å². The second kappa shape index (κ2) is 2.43. The van der Waals surface area contributed by atoms with Crippen molar-refractivity contribution in [3.8, 4) is 0 Å². The molecular weight excluding hydrogens is 128 g/mol. The van der Waals surface area contributed by atoms with Crippen LogP contribution in [-0.4, -0.2) is 12.0 Å². The van der Waals surface area contributed by atoms with Crippen LogP contribution in [0.25, 0.3) is 0 Å². The third kappa shape index (κ3) is 1.10. The van der Waals surface area contributed by atoms with Gasteiger partial charge in [-0.25, -0.2) is 4.98 Å². The first-order valence-electron chi connectivity index (χ1n) is 2.93. The predicted molar refractivity (Wildman–Crippen MR) is 42.6 cm³/mol. The van der Waals surface area contributed by atoms with Crippen molar-refractivity contribution >= 4 is 17.2 Å². The van der Waals surface area contributed by atoms with Gasteiger partial charge in [0.2, 0.25) is 0 Å². The van der Waals surface area contributed by atoms with Gasteiger partial charge in [-0.1, -0.05) is 0 Å². The topological polar surface area (TPSA) is 77.0 Å². The summed E-state index contributed by atoms with van der Waals surface area (Å²) in [4.78, 5) is 3.80. The maximum Gasteiger partial charge on any atom is 0.125 e. The standard InChI is InChI=1S/C6H10N4/c1-9-5-2-6(8)10-3-4(5)7/h2-3H,7H2,1H3,(H3,8,9,10). The molecule has 0 atom stereocenters. The van der Waals surface area contributed by atoms with Gasteiger partial charge in [-0.15, -0.1) is 0 Å². The van der Waals surface area contributed by atoms with E-state index in [2.05, 4.69) is 10.3 Å². The summed E-state index contributed by atoms with van der Waals surface area (Å²) in [5.41, 5.74) is 12.3. The van der Waals surface area contributed by atoms with Crippen LogP contribution < -0.4 is 16.8 Å². The van der Waals surface area contributed by atoms with Crippen LogP contribution in [0.15, 0.2) is 12.3 Å². The van der Waals surface area contributed by atoms with Crippen LogP contribution in [0.3, 0.4) is 0 Å². The molecular formula is C6H10N4. The van der Waals surface area contributed by atoms with Gasteiger partial charge >= 0.3 is 0 Å². The Balaban J connectivity index is 3.09. The molecule has 0 aromatic carbocycles. The summed E-state index contributed by atoms with van der Waals surface area (Å²) in [5.74, 6) is 0.471. The highest BCUT2D eigenvalue weighted by atomic mass is 14.9. The fraction of sp³-hybridized carbons (Fsp3) is 0.167. The molecule has 1 aromatic rings. The Labute approximate surface area is 59.2 Å². The lowest BCUT2D eigenvalue weighted by Crippen LogP contribution is -1.98. The Kier molecular flexibility index (Phi) is 1.62. The summed E-state index contributed by atoms with van der Waals surface area (Å²) >= 11 is 0. The smallest absolute Gasteiger partial charge is 0.125 e. The van der Waals surface area contributed by atoms with Crippen LogP contribution in [0.5, 0.6) is 0 Å². The molecule has 0 saturated heterocycles. The van der Waals surface area contributed by atoms with Gasteiger partial charge in [0.15, 0.2) is 0 Å². The summed E-state index contributed by atoms with van der Waals surface area (Å²) in [6, 6.07) is 1.69. The molecule has 4 heteroatoms. The number of nitrogen functional groups attached to an aromatic ring is 2. The van der Waals surface area contributed by atoms with Crippen molar-refractivity contribution in [2.24, 2.45) is 0 Å². The van der Waals surface area contributed by atoms with Crippen molar-refractivity contribution in [3.05, 3.63) is 12.3 Å². The third-order valence-electron chi connectivity index (χ3n) is 1.23. The average molecular weight is 138 g/mol. The molecule has 4 nitrogen and oxygen atoms in total. The molecule has 1 heterocycles. The van der Waals surface area contributed by atoms with Gasteiger partial charge in [0.05, 0.1) is 17.6 Å². The molecule has 0 fully saturated rings. The molecule has 0 spiro atoms. The van der Waals surface area contributed by atoms with Crippen LogP contribution in [0.1, 0.15) is 0 Å². The Bertz CT molecular complexity index is 233. The normalized spacial score (nSPS) is 9.30. The fourth-order valence-electron chi connectivity index (χ4n) is 0.699. The maximum absolute atomic E-state index is 5.52. The van der Waals surface area contributed by atoms with Gasteiger partial charge in [0.1, 0.15) is 5.82 Å². The van der Waals surface area contributed by atoms with Crippen molar-refractivity contribution < 1.29 is 0 Å². The molecule has 0 aliphatic heterocycles. The Morgan fingerprint density at radius 3 is 2.70 bits per heavy atom. The van der Waals surface area contributed by atoms with E-state index in [1.54, 1.807) is 13.1 Å². The first kappa shape index (κ1) is 6.67. The zero-order chi connectivity index (χ0) is 7.56. The molecule has 1 aromatic heterocycles. The minimum atomic E-state index is 0.471. The number of rotatable bonds is 1. The second-order valence-electron chi connectivity index (χ2n) is 1.95. The molecule has 1 rings (SSSR count). The Morgan fingerprint density at radius 1 is 1.50 bits per heavy atom. The third-order valence-corrected chi connectivity index (χ3v) is 1.23. The van der Waals surface area contributed by atoms with E-state index in [9.17, 15) is 0 Å². The Morgan fingerprint density at radius 2 is 2.20 bits per heavy atom. The molecule has 5 N–H and O–H groups in total. The van der Waals surface area contributed by atoms with Gasteiger partial charge in [0, 0.05) is 13.1 Å². The largest absolute Gasteiger partial charge is 0.396 e. The minimum Gasteiger partial charge on any atom is -0.396 e. The molecule has 0 unspecified atom stereocenters. The van der Waals surface area contributed by atoms with E-state index in [1.165, 1.54) is 6.20 Å². The molecule has 10 heavy (non-hydrogen) atoms. The molecule has 0 radical (unpaired) electrons. The summed E-state index contributed by atoms with van der Waals surface area (Å²) < 4.78 is 0. The lowest BCUT2D eigenvalue weighted by atomic mass is 10.3. The summed E-state index contributed by atoms with van der Waals surface area (Å²) in [7, 11) is 1.78. The lowest BCUT2D eigenvalue weighted by Gasteiger charge is -2.03. The number of pyridine rings is 1. The quantitative estimate of drug-likeness (QED) is 0.521. The average Bonchev–Trinajstić information content (AvgIpc) is 1.94. The van der Waals surface area contributed by atoms with Crippen LogP contribution in [0.2, 0.25) is 0 Å². The summed E-state index contributed by atoms with van der Waals surface area (Å²) in [5, 5.41) is 2.89. The van der Waals surface area contributed by atoms with Crippen LogP contribution in [0, 0.1) is 0 Å². The van der Waals surface area contributed by atoms with E-state index in [0.29, 0.717) is 11.5 Å². The van der Waals surface area contributed by atoms with Gasteiger partial charge < -0.3 is 16.8 Å². The summed E-state index contributed by atoms with van der Waals surface area (Å²) in [6.45, 7) is 0. The number of aromatic nitrogens is 1. The van der Waals surface area contributed by atoms with E-state index in [0.717, 1.165) is 5.69 Å². The number of hydrogen-bond donors (Lipinski definition) is 3. The van der Waals surface area contributed by atoms with E-state index >= 15 is 0 Å². The van der Waals surface area contributed by atoms with E-state index in [-0.39, 0.29) is 0 Å². The zero-order valence-electron chi connectivity index (χ0n) is 5.76. The molecule has 0 saturated carbocycles. The molecule has 0 aliphatic carbocycles. The van der Waals surface area contributed by atoms with Gasteiger partial charge in [0.25, 0.3) is 0 Å². The van der Waals surface area contributed by atoms with Gasteiger partial charge in [-0.05, 0) is 0 Å². The van der Waals surface area contributed by atoms with Crippen molar-refractivity contribution in [3.63, 3.8) is 0 Å². The molecule has 0 aliphatic rings. The first-order chi connectivity index (χ1) is 4.74. The minimum absolute atomic E-state index is 0.471. The van der Waals surface area contributed by atoms with Crippen LogP contribution in [-0.2, 0) is 0 Å². The predicted octanol–water partition coefficient (Wildman–Crippen LogP) is 0.288. The first-order valence-corrected chi connectivity index (χ1v) is 2.93. The molecule has 54 valence electrons. The van der Waals surface area contributed by atoms with E-state index in [1.807, 2.05) is 0 Å². The number of nitrogens with zero attached hydrogens (tertiary/aromatic N) is 1. The SMILES string of the molecule is CNc1cc(N)ncc1N. The number of nitrogens with one attached hydrogen (secondary N) is 1. The maximum atomic E-state index is 5.52. The highest BCUT2D eigenvalue weighted by molar-refractivity contribution is 5.67. The van der Waals surface area contributed by atoms with E-state index in [4.69, 9.17) is 11.5 Å². The highest BCUT2D eigenvalue weighted by Gasteiger charge is 1.95. The van der Waals surface area contributed by atoms with Crippen molar-refractivity contribution in [1.29, 1.82) is 0 Å². The molecule has 0 bridgehead atoms. The van der Waals surface area contributed by atoms with Crippen molar-refractivity contribution in [2.75, 3.05) is 23.8 Å². The highest BCUT2D eigenvalue weighted by Crippen LogP contribution is 2.17. The van der Waals surface area contributed by atoms with Crippen molar-refractivity contribution in [1.82, 2.24) is 4.98 Å². The van der Waals surface area contributed by atoms with Crippen molar-refractivity contribution in [2.45, 2.75) is 0 Å². The number of nitrogens with two attached hydrogens (primary N) is 2. The fourth-order valence-corrected chi connectivity index (χ4v) is 0.699. The van der Waals surface area contributed by atoms with E-state index < -0.39 is 0 Å². The lowest BCUT2D eigenvalue weighted by molar-refractivity contribution is 1.33. The zero-order valence-corrected chi connectivity index (χ0v) is 5.76. The number of anilines is 3. The Hall–Kier alpha value is -1.45.